The van der Waals surface area contributed by atoms with Crippen molar-refractivity contribution in [1.29, 1.82) is 0 Å². The molecule has 1 saturated carbocycles. The number of benzene rings is 2. The Morgan fingerprint density at radius 3 is 2.58 bits per heavy atom. The minimum absolute atomic E-state index is 0.0910. The second-order valence-corrected chi connectivity index (χ2v) is 9.02. The minimum Gasteiger partial charge on any atom is -0.496 e. The number of hydrogen-bond donors (Lipinski definition) is 0. The molecule has 5 rings (SSSR count). The quantitative estimate of drug-likeness (QED) is 0.618. The van der Waals surface area contributed by atoms with Crippen molar-refractivity contribution in [2.45, 2.75) is 32.6 Å². The highest BCUT2D eigenvalue weighted by Gasteiger charge is 2.54. The number of ether oxygens (including phenoxy) is 1. The molecule has 0 unspecified atom stereocenters. The second-order valence-electron chi connectivity index (χ2n) is 9.02. The lowest BCUT2D eigenvalue weighted by molar-refractivity contribution is -0.0566. The SMILES string of the molecule is COc1cc(F)ccc1C(=O)N1CC2(CC(c3cc(C)nn3-c3ccccc3C)C2)C1. The zero-order valence-corrected chi connectivity index (χ0v) is 18.1. The van der Waals surface area contributed by atoms with Gasteiger partial charge in [-0.05, 0) is 56.5 Å². The maximum absolute atomic E-state index is 13.5. The summed E-state index contributed by atoms with van der Waals surface area (Å²) in [5.74, 6) is 0.232. The average molecular weight is 420 g/mol. The van der Waals surface area contributed by atoms with Gasteiger partial charge in [-0.25, -0.2) is 9.07 Å². The fourth-order valence-corrected chi connectivity index (χ4v) is 5.18. The topological polar surface area (TPSA) is 47.4 Å². The van der Waals surface area contributed by atoms with Crippen LogP contribution in [0.5, 0.6) is 5.75 Å². The molecule has 160 valence electrons. The van der Waals surface area contributed by atoms with Crippen LogP contribution in [-0.2, 0) is 0 Å². The van der Waals surface area contributed by atoms with E-state index in [2.05, 4.69) is 29.8 Å². The molecule has 5 nitrogen and oxygen atoms in total. The largest absolute Gasteiger partial charge is 0.496 e. The Hall–Kier alpha value is -3.15. The summed E-state index contributed by atoms with van der Waals surface area (Å²) in [5, 5.41) is 4.75. The van der Waals surface area contributed by atoms with Crippen LogP contribution in [0.15, 0.2) is 48.5 Å². The number of carbonyl (C=O) groups is 1. The van der Waals surface area contributed by atoms with Crippen LogP contribution in [0.2, 0.25) is 0 Å². The van der Waals surface area contributed by atoms with Crippen LogP contribution in [0, 0.1) is 25.1 Å². The van der Waals surface area contributed by atoms with E-state index in [0.717, 1.165) is 37.3 Å². The van der Waals surface area contributed by atoms with Gasteiger partial charge in [0.25, 0.3) is 5.91 Å². The Balaban J connectivity index is 1.28. The third kappa shape index (κ3) is 3.30. The molecule has 0 radical (unpaired) electrons. The fraction of sp³-hybridized carbons (Fsp3) is 0.360. The fourth-order valence-electron chi connectivity index (χ4n) is 5.18. The van der Waals surface area contributed by atoms with Crippen LogP contribution in [0.1, 0.15) is 46.1 Å². The van der Waals surface area contributed by atoms with E-state index in [1.54, 1.807) is 0 Å². The lowest BCUT2D eigenvalue weighted by Crippen LogP contribution is -2.63. The van der Waals surface area contributed by atoms with Crippen molar-refractivity contribution in [3.05, 3.63) is 76.9 Å². The average Bonchev–Trinajstić information content (AvgIpc) is 3.07. The van der Waals surface area contributed by atoms with E-state index in [9.17, 15) is 9.18 Å². The molecular weight excluding hydrogens is 393 g/mol. The van der Waals surface area contributed by atoms with Gasteiger partial charge in [0.15, 0.2) is 0 Å². The van der Waals surface area contributed by atoms with Gasteiger partial charge in [-0.3, -0.25) is 4.79 Å². The first-order chi connectivity index (χ1) is 14.9. The number of nitrogens with zero attached hydrogens (tertiary/aromatic N) is 3. The Bertz CT molecular complexity index is 1160. The van der Waals surface area contributed by atoms with Crippen molar-refractivity contribution in [3.8, 4) is 11.4 Å². The van der Waals surface area contributed by atoms with Crippen LogP contribution >= 0.6 is 0 Å². The summed E-state index contributed by atoms with van der Waals surface area (Å²) in [6, 6.07) is 14.6. The standard InChI is InChI=1S/C25H26FN3O2/c1-16-6-4-5-7-21(16)29-22(10-17(2)27-29)18-12-25(13-18)14-28(15-25)24(30)20-9-8-19(26)11-23(20)31-3/h4-11,18H,12-15H2,1-3H3. The molecule has 2 aromatic carbocycles. The molecule has 1 aromatic heterocycles. The van der Waals surface area contributed by atoms with E-state index in [0.29, 0.717) is 11.5 Å². The first kappa shape index (κ1) is 19.8. The van der Waals surface area contributed by atoms with Crippen molar-refractivity contribution in [3.63, 3.8) is 0 Å². The number of carbonyl (C=O) groups excluding carboxylic acids is 1. The summed E-state index contributed by atoms with van der Waals surface area (Å²) in [7, 11) is 1.46. The first-order valence-corrected chi connectivity index (χ1v) is 10.6. The predicted octanol–water partition coefficient (Wildman–Crippen LogP) is 4.66. The number of likely N-dealkylation sites (tertiary alicyclic amines) is 1. The Morgan fingerprint density at radius 2 is 1.87 bits per heavy atom. The smallest absolute Gasteiger partial charge is 0.257 e. The number of aromatic nitrogens is 2. The highest BCUT2D eigenvalue weighted by atomic mass is 19.1. The normalized spacial score (nSPS) is 17.4. The molecule has 2 aliphatic rings. The number of aryl methyl sites for hydroxylation is 2. The molecular formula is C25H26FN3O2. The van der Waals surface area contributed by atoms with E-state index in [-0.39, 0.29) is 17.1 Å². The number of hydrogen-bond acceptors (Lipinski definition) is 3. The van der Waals surface area contributed by atoms with Crippen LogP contribution in [0.3, 0.4) is 0 Å². The number of halogens is 1. The third-order valence-corrected chi connectivity index (χ3v) is 6.71. The molecule has 1 saturated heterocycles. The minimum atomic E-state index is -0.407. The van der Waals surface area contributed by atoms with Crippen LogP contribution in [0.25, 0.3) is 5.69 Å². The Morgan fingerprint density at radius 1 is 1.13 bits per heavy atom. The lowest BCUT2D eigenvalue weighted by atomic mass is 9.57. The van der Waals surface area contributed by atoms with E-state index in [4.69, 9.17) is 9.84 Å². The molecule has 0 bridgehead atoms. The van der Waals surface area contributed by atoms with E-state index >= 15 is 0 Å². The Labute approximate surface area is 181 Å². The van der Waals surface area contributed by atoms with Crippen LogP contribution in [-0.4, -0.2) is 40.8 Å². The highest BCUT2D eigenvalue weighted by molar-refractivity contribution is 5.97. The molecule has 6 heteroatoms. The monoisotopic (exact) mass is 419 g/mol. The number of rotatable bonds is 4. The van der Waals surface area contributed by atoms with Gasteiger partial charge in [0.1, 0.15) is 11.6 Å². The zero-order chi connectivity index (χ0) is 21.8. The second kappa shape index (κ2) is 7.22. The molecule has 31 heavy (non-hydrogen) atoms. The van der Waals surface area contributed by atoms with Crippen molar-refractivity contribution in [2.75, 3.05) is 20.2 Å². The van der Waals surface area contributed by atoms with Gasteiger partial charge < -0.3 is 9.64 Å². The predicted molar refractivity (Wildman–Crippen MR) is 116 cm³/mol. The van der Waals surface area contributed by atoms with Crippen molar-refractivity contribution >= 4 is 5.91 Å². The number of methoxy groups -OCH3 is 1. The summed E-state index contributed by atoms with van der Waals surface area (Å²) in [6.45, 7) is 5.62. The number of para-hydroxylation sites is 1. The van der Waals surface area contributed by atoms with Gasteiger partial charge in [0.2, 0.25) is 0 Å². The van der Waals surface area contributed by atoms with Crippen LogP contribution in [0.4, 0.5) is 4.39 Å². The zero-order valence-electron chi connectivity index (χ0n) is 18.1. The molecule has 3 aromatic rings. The van der Waals surface area contributed by atoms with Gasteiger partial charge in [0, 0.05) is 36.2 Å². The van der Waals surface area contributed by atoms with E-state index < -0.39 is 5.82 Å². The third-order valence-electron chi connectivity index (χ3n) is 6.71. The van der Waals surface area contributed by atoms with E-state index in [1.165, 1.54) is 36.6 Å². The molecule has 1 amide bonds. The Kier molecular flexibility index (Phi) is 4.61. The molecule has 0 N–H and O–H groups in total. The highest BCUT2D eigenvalue weighted by Crippen LogP contribution is 2.56. The summed E-state index contributed by atoms with van der Waals surface area (Å²) in [4.78, 5) is 14.7. The van der Waals surface area contributed by atoms with Crippen molar-refractivity contribution < 1.29 is 13.9 Å². The summed E-state index contributed by atoms with van der Waals surface area (Å²) >= 11 is 0. The van der Waals surface area contributed by atoms with Gasteiger partial charge >= 0.3 is 0 Å². The van der Waals surface area contributed by atoms with E-state index in [1.807, 2.05) is 24.0 Å². The van der Waals surface area contributed by atoms with Crippen molar-refractivity contribution in [1.82, 2.24) is 14.7 Å². The van der Waals surface area contributed by atoms with Gasteiger partial charge in [-0.15, -0.1) is 0 Å². The maximum Gasteiger partial charge on any atom is 0.257 e. The van der Waals surface area contributed by atoms with Crippen LogP contribution < -0.4 is 4.74 Å². The van der Waals surface area contributed by atoms with Gasteiger partial charge in [-0.1, -0.05) is 18.2 Å². The molecule has 2 fully saturated rings. The molecule has 1 aliphatic carbocycles. The lowest BCUT2D eigenvalue weighted by Gasteiger charge is -2.59. The molecule has 0 atom stereocenters. The molecule has 2 heterocycles. The van der Waals surface area contributed by atoms with Gasteiger partial charge in [0.05, 0.1) is 24.1 Å². The molecule has 1 spiro atoms. The van der Waals surface area contributed by atoms with Gasteiger partial charge in [-0.2, -0.15) is 5.10 Å². The summed E-state index contributed by atoms with van der Waals surface area (Å²) in [5.41, 5.74) is 5.20. The summed E-state index contributed by atoms with van der Waals surface area (Å²) < 4.78 is 20.7. The maximum atomic E-state index is 13.5. The number of amides is 1. The summed E-state index contributed by atoms with van der Waals surface area (Å²) in [6.07, 6.45) is 2.10. The molecule has 1 aliphatic heterocycles. The first-order valence-electron chi connectivity index (χ1n) is 10.6. The van der Waals surface area contributed by atoms with Crippen molar-refractivity contribution in [2.24, 2.45) is 5.41 Å².